The Hall–Kier alpha value is -2.83. The summed E-state index contributed by atoms with van der Waals surface area (Å²) in [6, 6.07) is 7.49. The SMILES string of the molecule is CCN(CC)C(=O)c1cc(NCc2ccc3c(c2)OCO3)nc(C)n1. The molecule has 132 valence electrons. The number of fused-ring (bicyclic) bond motifs is 1. The maximum absolute atomic E-state index is 12.5. The van der Waals surface area contributed by atoms with E-state index in [0.29, 0.717) is 37.0 Å². The molecule has 2 heterocycles. The van der Waals surface area contributed by atoms with Crippen molar-refractivity contribution in [2.45, 2.75) is 27.3 Å². The first-order valence-corrected chi connectivity index (χ1v) is 8.38. The van der Waals surface area contributed by atoms with Crippen LogP contribution in [0.15, 0.2) is 24.3 Å². The number of rotatable bonds is 6. The summed E-state index contributed by atoms with van der Waals surface area (Å²) in [5.74, 6) is 2.61. The van der Waals surface area contributed by atoms with Gasteiger partial charge in [0.25, 0.3) is 5.91 Å². The first kappa shape index (κ1) is 17.0. The molecule has 0 atom stereocenters. The molecule has 1 N–H and O–H groups in total. The average molecular weight is 342 g/mol. The number of hydrogen-bond donors (Lipinski definition) is 1. The summed E-state index contributed by atoms with van der Waals surface area (Å²) in [4.78, 5) is 22.9. The van der Waals surface area contributed by atoms with E-state index in [4.69, 9.17) is 9.47 Å². The Balaban J connectivity index is 1.73. The second-order valence-electron chi connectivity index (χ2n) is 5.70. The van der Waals surface area contributed by atoms with E-state index >= 15 is 0 Å². The Morgan fingerprint density at radius 2 is 1.92 bits per heavy atom. The predicted octanol–water partition coefficient (Wildman–Crippen LogP) is 2.61. The zero-order valence-electron chi connectivity index (χ0n) is 14.7. The van der Waals surface area contributed by atoms with Crippen molar-refractivity contribution in [3.8, 4) is 11.5 Å². The molecule has 1 aromatic heterocycles. The normalized spacial score (nSPS) is 12.1. The van der Waals surface area contributed by atoms with E-state index in [2.05, 4.69) is 15.3 Å². The fourth-order valence-electron chi connectivity index (χ4n) is 2.68. The van der Waals surface area contributed by atoms with Crippen LogP contribution in [0, 0.1) is 6.92 Å². The average Bonchev–Trinajstić information content (AvgIpc) is 3.08. The van der Waals surface area contributed by atoms with Crippen molar-refractivity contribution >= 4 is 11.7 Å². The molecule has 1 aromatic carbocycles. The van der Waals surface area contributed by atoms with Crippen LogP contribution in [-0.2, 0) is 6.54 Å². The molecule has 1 aliphatic heterocycles. The first-order chi connectivity index (χ1) is 12.1. The van der Waals surface area contributed by atoms with Crippen LogP contribution in [0.5, 0.6) is 11.5 Å². The highest BCUT2D eigenvalue weighted by molar-refractivity contribution is 5.93. The monoisotopic (exact) mass is 342 g/mol. The van der Waals surface area contributed by atoms with Crippen molar-refractivity contribution in [3.63, 3.8) is 0 Å². The molecule has 25 heavy (non-hydrogen) atoms. The molecule has 0 unspecified atom stereocenters. The summed E-state index contributed by atoms with van der Waals surface area (Å²) >= 11 is 0. The van der Waals surface area contributed by atoms with Gasteiger partial charge < -0.3 is 19.7 Å². The van der Waals surface area contributed by atoms with E-state index in [-0.39, 0.29) is 12.7 Å². The summed E-state index contributed by atoms with van der Waals surface area (Å²) in [6.45, 7) is 7.81. The highest BCUT2D eigenvalue weighted by Gasteiger charge is 2.16. The van der Waals surface area contributed by atoms with E-state index in [9.17, 15) is 4.79 Å². The molecule has 0 saturated carbocycles. The third-order valence-corrected chi connectivity index (χ3v) is 4.02. The van der Waals surface area contributed by atoms with E-state index in [1.807, 2.05) is 32.0 Å². The standard InChI is InChI=1S/C18H22N4O3/c1-4-22(5-2)18(23)14-9-17(21-12(3)20-14)19-10-13-6-7-15-16(8-13)25-11-24-15/h6-9H,4-5,10-11H2,1-3H3,(H,19,20,21). The third kappa shape index (κ3) is 3.81. The molecule has 2 aromatic rings. The number of carbonyl (C=O) groups excluding carboxylic acids is 1. The zero-order valence-corrected chi connectivity index (χ0v) is 14.7. The molecule has 7 heteroatoms. The van der Waals surface area contributed by atoms with E-state index in [0.717, 1.165) is 17.1 Å². The molecule has 0 spiro atoms. The van der Waals surface area contributed by atoms with Gasteiger partial charge in [-0.15, -0.1) is 0 Å². The van der Waals surface area contributed by atoms with Gasteiger partial charge in [-0.3, -0.25) is 4.79 Å². The van der Waals surface area contributed by atoms with Gasteiger partial charge in [0, 0.05) is 25.7 Å². The van der Waals surface area contributed by atoms with Crippen LogP contribution < -0.4 is 14.8 Å². The van der Waals surface area contributed by atoms with Crippen molar-refractivity contribution in [2.75, 3.05) is 25.2 Å². The fraction of sp³-hybridized carbons (Fsp3) is 0.389. The number of amides is 1. The second-order valence-corrected chi connectivity index (χ2v) is 5.70. The number of nitrogens with one attached hydrogen (secondary N) is 1. The quantitative estimate of drug-likeness (QED) is 0.869. The van der Waals surface area contributed by atoms with Crippen molar-refractivity contribution in [2.24, 2.45) is 0 Å². The lowest BCUT2D eigenvalue weighted by Crippen LogP contribution is -2.31. The molecule has 1 amide bonds. The van der Waals surface area contributed by atoms with Gasteiger partial charge in [-0.25, -0.2) is 9.97 Å². The van der Waals surface area contributed by atoms with Crippen LogP contribution in [0.3, 0.4) is 0 Å². The molecule has 0 radical (unpaired) electrons. The van der Waals surface area contributed by atoms with Crippen molar-refractivity contribution < 1.29 is 14.3 Å². The number of aromatic nitrogens is 2. The van der Waals surface area contributed by atoms with Gasteiger partial charge in [0.1, 0.15) is 17.3 Å². The number of nitrogens with zero attached hydrogens (tertiary/aromatic N) is 3. The Morgan fingerprint density at radius 1 is 1.16 bits per heavy atom. The van der Waals surface area contributed by atoms with E-state index in [1.54, 1.807) is 17.9 Å². The lowest BCUT2D eigenvalue weighted by atomic mass is 10.2. The molecule has 0 aliphatic carbocycles. The van der Waals surface area contributed by atoms with Gasteiger partial charge in [-0.05, 0) is 38.5 Å². The van der Waals surface area contributed by atoms with E-state index in [1.165, 1.54) is 0 Å². The summed E-state index contributed by atoms with van der Waals surface area (Å²) in [6.07, 6.45) is 0. The van der Waals surface area contributed by atoms with Crippen LogP contribution in [0.2, 0.25) is 0 Å². The fourth-order valence-corrected chi connectivity index (χ4v) is 2.68. The van der Waals surface area contributed by atoms with Gasteiger partial charge in [0.05, 0.1) is 0 Å². The van der Waals surface area contributed by atoms with Crippen LogP contribution >= 0.6 is 0 Å². The van der Waals surface area contributed by atoms with Crippen LogP contribution in [0.1, 0.15) is 35.7 Å². The number of anilines is 1. The minimum atomic E-state index is -0.0818. The van der Waals surface area contributed by atoms with Gasteiger partial charge in [-0.2, -0.15) is 0 Å². The molecule has 0 fully saturated rings. The summed E-state index contributed by atoms with van der Waals surface area (Å²) in [5, 5.41) is 3.24. The Labute approximate surface area is 147 Å². The highest BCUT2D eigenvalue weighted by Crippen LogP contribution is 2.32. The van der Waals surface area contributed by atoms with Gasteiger partial charge in [0.15, 0.2) is 11.5 Å². The van der Waals surface area contributed by atoms with Gasteiger partial charge >= 0.3 is 0 Å². The molecule has 0 bridgehead atoms. The molecular weight excluding hydrogens is 320 g/mol. The molecular formula is C18H22N4O3. The third-order valence-electron chi connectivity index (χ3n) is 4.02. The number of carbonyl (C=O) groups is 1. The number of ether oxygens (including phenoxy) is 2. The van der Waals surface area contributed by atoms with Gasteiger partial charge in [-0.1, -0.05) is 6.07 Å². The first-order valence-electron chi connectivity index (χ1n) is 8.38. The van der Waals surface area contributed by atoms with Crippen LogP contribution in [-0.4, -0.2) is 40.7 Å². The van der Waals surface area contributed by atoms with Crippen LogP contribution in [0.4, 0.5) is 5.82 Å². The smallest absolute Gasteiger partial charge is 0.272 e. The Kier molecular flexibility index (Phi) is 5.02. The largest absolute Gasteiger partial charge is 0.454 e. The summed E-state index contributed by atoms with van der Waals surface area (Å²) < 4.78 is 10.7. The number of benzene rings is 1. The minimum Gasteiger partial charge on any atom is -0.454 e. The Morgan fingerprint density at radius 3 is 2.68 bits per heavy atom. The van der Waals surface area contributed by atoms with Crippen molar-refractivity contribution in [3.05, 3.63) is 41.3 Å². The van der Waals surface area contributed by atoms with Crippen LogP contribution in [0.25, 0.3) is 0 Å². The van der Waals surface area contributed by atoms with Crippen molar-refractivity contribution in [1.29, 1.82) is 0 Å². The summed E-state index contributed by atoms with van der Waals surface area (Å²) in [5.41, 5.74) is 1.45. The molecule has 0 saturated heterocycles. The zero-order chi connectivity index (χ0) is 17.8. The predicted molar refractivity (Wildman–Crippen MR) is 93.9 cm³/mol. The Bertz CT molecular complexity index is 775. The number of aryl methyl sites for hydroxylation is 1. The lowest BCUT2D eigenvalue weighted by Gasteiger charge is -2.18. The highest BCUT2D eigenvalue weighted by atomic mass is 16.7. The molecule has 7 nitrogen and oxygen atoms in total. The lowest BCUT2D eigenvalue weighted by molar-refractivity contribution is 0.0766. The number of hydrogen-bond acceptors (Lipinski definition) is 6. The molecule has 3 rings (SSSR count). The van der Waals surface area contributed by atoms with E-state index < -0.39 is 0 Å². The maximum atomic E-state index is 12.5. The topological polar surface area (TPSA) is 76.6 Å². The van der Waals surface area contributed by atoms with Gasteiger partial charge in [0.2, 0.25) is 6.79 Å². The maximum Gasteiger partial charge on any atom is 0.272 e. The minimum absolute atomic E-state index is 0.0818. The van der Waals surface area contributed by atoms with Crippen molar-refractivity contribution in [1.82, 2.24) is 14.9 Å². The second kappa shape index (κ2) is 7.38. The molecule has 1 aliphatic rings. The summed E-state index contributed by atoms with van der Waals surface area (Å²) in [7, 11) is 0.